The molecule has 8 nitrogen and oxygen atoms in total. The quantitative estimate of drug-likeness (QED) is 0.438. The molecule has 0 fully saturated rings. The number of nitrogens with zero attached hydrogens (tertiary/aromatic N) is 3. The predicted octanol–water partition coefficient (Wildman–Crippen LogP) is 4.81. The molecule has 0 aliphatic carbocycles. The van der Waals surface area contributed by atoms with Gasteiger partial charge in [-0.3, -0.25) is 4.79 Å². The fraction of sp³-hybridized carbons (Fsp3) is 0.400. The van der Waals surface area contributed by atoms with E-state index in [2.05, 4.69) is 20.2 Å². The average Bonchev–Trinajstić information content (AvgIpc) is 3.18. The molecule has 186 valence electrons. The van der Waals surface area contributed by atoms with Crippen molar-refractivity contribution in [3.05, 3.63) is 46.3 Å². The van der Waals surface area contributed by atoms with Crippen molar-refractivity contribution in [2.75, 3.05) is 34.5 Å². The number of benzene rings is 2. The van der Waals surface area contributed by atoms with E-state index >= 15 is 4.39 Å². The molecular formula is C25H27BrFN3O5. The standard InChI is InChI=1S/C25H27BrFN3O5/c1-25(2,3)16-9-14(10-19(22(16)33-5)35-8-7-28)17(31)13-30-12-15-11-18(32-4)23(34-6)21(27)20(15)24(30)29-26/h9-11H,8,12-13H2,1-6H3/b29-24-. The topological polar surface area (TPSA) is 93.4 Å². The smallest absolute Gasteiger partial charge is 0.197 e. The van der Waals surface area contributed by atoms with Crippen LogP contribution >= 0.6 is 16.1 Å². The largest absolute Gasteiger partial charge is 0.493 e. The molecule has 0 N–H and O–H groups in total. The number of carbonyl (C=O) groups excluding carboxylic acids is 1. The van der Waals surface area contributed by atoms with Crippen LogP contribution in [0.4, 0.5) is 4.39 Å². The predicted molar refractivity (Wildman–Crippen MR) is 133 cm³/mol. The number of fused-ring (bicyclic) bond motifs is 1. The molecule has 0 spiro atoms. The number of ether oxygens (including phenoxy) is 4. The zero-order chi connectivity index (χ0) is 25.9. The average molecular weight is 548 g/mol. The molecule has 2 aromatic carbocycles. The maximum atomic E-state index is 15.3. The Labute approximate surface area is 212 Å². The van der Waals surface area contributed by atoms with Crippen molar-refractivity contribution in [2.24, 2.45) is 4.02 Å². The van der Waals surface area contributed by atoms with E-state index in [0.717, 1.165) is 5.56 Å². The van der Waals surface area contributed by atoms with Crippen molar-refractivity contribution in [3.8, 4) is 29.1 Å². The fourth-order valence-electron chi connectivity index (χ4n) is 4.04. The van der Waals surface area contributed by atoms with E-state index in [1.165, 1.54) is 21.3 Å². The normalized spacial score (nSPS) is 13.9. The summed E-state index contributed by atoms with van der Waals surface area (Å²) in [6, 6.07) is 6.94. The van der Waals surface area contributed by atoms with E-state index in [1.54, 1.807) is 23.1 Å². The second-order valence-corrected chi connectivity index (χ2v) is 9.25. The van der Waals surface area contributed by atoms with Crippen LogP contribution in [-0.4, -0.2) is 51.0 Å². The van der Waals surface area contributed by atoms with Crippen LogP contribution in [0, 0.1) is 17.1 Å². The number of methoxy groups -OCH3 is 3. The van der Waals surface area contributed by atoms with Crippen molar-refractivity contribution in [3.63, 3.8) is 0 Å². The third-order valence-corrected chi connectivity index (χ3v) is 6.01. The van der Waals surface area contributed by atoms with Crippen LogP contribution in [0.1, 0.15) is 47.8 Å². The summed E-state index contributed by atoms with van der Waals surface area (Å²) in [5.41, 5.74) is 1.64. The number of amidine groups is 1. The third kappa shape index (κ3) is 5.05. The van der Waals surface area contributed by atoms with Crippen LogP contribution < -0.4 is 18.9 Å². The first kappa shape index (κ1) is 26.3. The first-order chi connectivity index (χ1) is 16.6. The SMILES string of the molecule is COc1cc2c(c(F)c1OC)/C(=N/Br)N(CC(=O)c1cc(OCC#N)c(OC)c(C(C)(C)C)c1)C2. The monoisotopic (exact) mass is 547 g/mol. The zero-order valence-electron chi connectivity index (χ0n) is 20.5. The summed E-state index contributed by atoms with van der Waals surface area (Å²) in [4.78, 5) is 15.1. The summed E-state index contributed by atoms with van der Waals surface area (Å²) in [5.74, 6) is 0.443. The van der Waals surface area contributed by atoms with Gasteiger partial charge in [0.2, 0.25) is 0 Å². The maximum Gasteiger partial charge on any atom is 0.197 e. The van der Waals surface area contributed by atoms with Crippen molar-refractivity contribution in [2.45, 2.75) is 32.7 Å². The van der Waals surface area contributed by atoms with Gasteiger partial charge in [-0.05, 0) is 29.2 Å². The lowest BCUT2D eigenvalue weighted by Gasteiger charge is -2.25. The third-order valence-electron chi connectivity index (χ3n) is 5.67. The Morgan fingerprint density at radius 3 is 2.37 bits per heavy atom. The van der Waals surface area contributed by atoms with E-state index in [9.17, 15) is 4.79 Å². The van der Waals surface area contributed by atoms with Crippen LogP contribution in [0.3, 0.4) is 0 Å². The molecule has 35 heavy (non-hydrogen) atoms. The number of halogens is 2. The highest BCUT2D eigenvalue weighted by Gasteiger charge is 2.34. The van der Waals surface area contributed by atoms with Gasteiger partial charge in [-0.15, -0.1) is 0 Å². The van der Waals surface area contributed by atoms with Crippen molar-refractivity contribution in [1.29, 1.82) is 5.26 Å². The lowest BCUT2D eigenvalue weighted by Crippen LogP contribution is -2.31. The summed E-state index contributed by atoms with van der Waals surface area (Å²) < 4.78 is 40.9. The summed E-state index contributed by atoms with van der Waals surface area (Å²) in [6.45, 7) is 5.96. The van der Waals surface area contributed by atoms with Crippen LogP contribution in [0.2, 0.25) is 0 Å². The molecule has 3 rings (SSSR count). The Morgan fingerprint density at radius 2 is 1.83 bits per heavy atom. The molecule has 1 heterocycles. The number of carbonyl (C=O) groups is 1. The lowest BCUT2D eigenvalue weighted by atomic mass is 9.84. The minimum atomic E-state index is -0.610. The minimum Gasteiger partial charge on any atom is -0.493 e. The Balaban J connectivity index is 2.00. The Hall–Kier alpha value is -3.32. The highest BCUT2D eigenvalue weighted by atomic mass is 79.9. The van der Waals surface area contributed by atoms with E-state index in [1.807, 2.05) is 26.8 Å². The number of Topliss-reactive ketones (excluding diaryl/α,β-unsaturated/α-hetero) is 1. The van der Waals surface area contributed by atoms with Gasteiger partial charge in [0.05, 0.1) is 49.6 Å². The summed E-state index contributed by atoms with van der Waals surface area (Å²) in [6.07, 6.45) is 0. The second kappa shape index (κ2) is 10.5. The van der Waals surface area contributed by atoms with Crippen molar-refractivity contribution >= 4 is 27.8 Å². The van der Waals surface area contributed by atoms with Gasteiger partial charge < -0.3 is 23.8 Å². The highest BCUT2D eigenvalue weighted by molar-refractivity contribution is 9.08. The summed E-state index contributed by atoms with van der Waals surface area (Å²) in [5, 5.41) is 8.97. The van der Waals surface area contributed by atoms with Gasteiger partial charge in [0.1, 0.15) is 11.9 Å². The van der Waals surface area contributed by atoms with Crippen LogP contribution in [0.15, 0.2) is 22.2 Å². The van der Waals surface area contributed by atoms with Gasteiger partial charge in [-0.1, -0.05) is 20.8 Å². The Morgan fingerprint density at radius 1 is 1.14 bits per heavy atom. The molecule has 0 unspecified atom stereocenters. The Kier molecular flexibility index (Phi) is 7.90. The molecular weight excluding hydrogens is 521 g/mol. The van der Waals surface area contributed by atoms with Crippen molar-refractivity contribution in [1.82, 2.24) is 4.90 Å². The zero-order valence-corrected chi connectivity index (χ0v) is 22.1. The number of rotatable bonds is 8. The molecule has 0 radical (unpaired) electrons. The summed E-state index contributed by atoms with van der Waals surface area (Å²) in [7, 11) is 4.31. The molecule has 1 aliphatic heterocycles. The Bertz CT molecular complexity index is 1220. The molecule has 0 amide bonds. The van der Waals surface area contributed by atoms with Gasteiger partial charge in [0.15, 0.2) is 41.2 Å². The van der Waals surface area contributed by atoms with Gasteiger partial charge in [0.25, 0.3) is 0 Å². The first-order valence-electron chi connectivity index (χ1n) is 10.7. The molecule has 0 bridgehead atoms. The van der Waals surface area contributed by atoms with Crippen LogP contribution in [0.25, 0.3) is 0 Å². The van der Waals surface area contributed by atoms with Gasteiger partial charge in [0, 0.05) is 17.7 Å². The van der Waals surface area contributed by atoms with Gasteiger partial charge >= 0.3 is 0 Å². The molecule has 0 atom stereocenters. The number of hydrogen-bond acceptors (Lipinski definition) is 7. The fourth-order valence-corrected chi connectivity index (χ4v) is 4.45. The molecule has 2 aromatic rings. The van der Waals surface area contributed by atoms with Crippen molar-refractivity contribution < 1.29 is 28.1 Å². The van der Waals surface area contributed by atoms with Crippen LogP contribution in [0.5, 0.6) is 23.0 Å². The van der Waals surface area contributed by atoms with Gasteiger partial charge in [-0.25, -0.2) is 4.39 Å². The van der Waals surface area contributed by atoms with Crippen LogP contribution in [-0.2, 0) is 12.0 Å². The van der Waals surface area contributed by atoms with Gasteiger partial charge in [-0.2, -0.15) is 9.28 Å². The van der Waals surface area contributed by atoms with E-state index in [4.69, 9.17) is 24.2 Å². The lowest BCUT2D eigenvalue weighted by molar-refractivity contribution is 0.0962. The summed E-state index contributed by atoms with van der Waals surface area (Å²) >= 11 is 3.07. The highest BCUT2D eigenvalue weighted by Crippen LogP contribution is 2.41. The molecule has 0 saturated heterocycles. The number of nitriles is 1. The minimum absolute atomic E-state index is 0.0302. The maximum absolute atomic E-state index is 15.3. The molecule has 0 saturated carbocycles. The van der Waals surface area contributed by atoms with E-state index in [-0.39, 0.29) is 53.8 Å². The number of hydrogen-bond donors (Lipinski definition) is 0. The molecule has 10 heteroatoms. The second-order valence-electron chi connectivity index (χ2n) is 8.90. The molecule has 1 aliphatic rings. The number of ketones is 1. The van der Waals surface area contributed by atoms with E-state index < -0.39 is 5.82 Å². The molecule has 0 aromatic heterocycles. The first-order valence-corrected chi connectivity index (χ1v) is 11.4. The van der Waals surface area contributed by atoms with E-state index in [0.29, 0.717) is 22.6 Å².